The van der Waals surface area contributed by atoms with Crippen LogP contribution < -0.4 is 5.73 Å². The molecule has 0 radical (unpaired) electrons. The Bertz CT molecular complexity index is 619. The third-order valence-electron chi connectivity index (χ3n) is 3.47. The standard InChI is InChI=1S/C14H12BrClFNS/c15-9-5-4-8(13(17)12(9)16)14(18)11-6-7-2-1-3-10(7)19-11/h4-6,14H,1-3,18H2. The van der Waals surface area contributed by atoms with E-state index in [0.29, 0.717) is 10.0 Å². The highest BCUT2D eigenvalue weighted by atomic mass is 79.9. The molecule has 1 aliphatic carbocycles. The highest BCUT2D eigenvalue weighted by Gasteiger charge is 2.22. The van der Waals surface area contributed by atoms with Gasteiger partial charge in [-0.2, -0.15) is 0 Å². The third kappa shape index (κ3) is 2.35. The second-order valence-corrected chi connectivity index (χ2v) is 7.09. The fourth-order valence-corrected chi connectivity index (χ4v) is 4.20. The van der Waals surface area contributed by atoms with Crippen LogP contribution in [0.25, 0.3) is 0 Å². The normalized spacial score (nSPS) is 15.6. The molecule has 1 aliphatic rings. The van der Waals surface area contributed by atoms with E-state index in [0.717, 1.165) is 17.7 Å². The zero-order valence-electron chi connectivity index (χ0n) is 10.1. The van der Waals surface area contributed by atoms with Crippen molar-refractivity contribution in [3.63, 3.8) is 0 Å². The van der Waals surface area contributed by atoms with Gasteiger partial charge in [-0.05, 0) is 52.9 Å². The summed E-state index contributed by atoms with van der Waals surface area (Å²) >= 11 is 10.8. The van der Waals surface area contributed by atoms with Gasteiger partial charge in [-0.25, -0.2) is 4.39 Å². The molecule has 1 aromatic carbocycles. The van der Waals surface area contributed by atoms with Gasteiger partial charge in [0.1, 0.15) is 5.82 Å². The number of halogens is 3. The summed E-state index contributed by atoms with van der Waals surface area (Å²) in [6, 6.07) is 5.11. The summed E-state index contributed by atoms with van der Waals surface area (Å²) in [5, 5.41) is 0.0945. The summed E-state index contributed by atoms with van der Waals surface area (Å²) in [5.74, 6) is -0.433. The first-order valence-electron chi connectivity index (χ1n) is 6.08. The average molecular weight is 361 g/mol. The van der Waals surface area contributed by atoms with E-state index < -0.39 is 11.9 Å². The van der Waals surface area contributed by atoms with Crippen molar-refractivity contribution in [3.05, 3.63) is 54.4 Å². The van der Waals surface area contributed by atoms with Gasteiger partial charge in [0.2, 0.25) is 0 Å². The van der Waals surface area contributed by atoms with E-state index >= 15 is 0 Å². The van der Waals surface area contributed by atoms with Crippen LogP contribution in [-0.4, -0.2) is 0 Å². The Labute approximate surface area is 128 Å². The molecule has 1 atom stereocenters. The first-order chi connectivity index (χ1) is 9.08. The summed E-state index contributed by atoms with van der Waals surface area (Å²) < 4.78 is 14.7. The van der Waals surface area contributed by atoms with Crippen LogP contribution in [0.1, 0.15) is 33.3 Å². The molecular weight excluding hydrogens is 349 g/mol. The molecule has 0 fully saturated rings. The lowest BCUT2D eigenvalue weighted by molar-refractivity contribution is 0.600. The highest BCUT2D eigenvalue weighted by molar-refractivity contribution is 9.10. The maximum atomic E-state index is 14.2. The van der Waals surface area contributed by atoms with Crippen LogP contribution in [0.5, 0.6) is 0 Å². The first-order valence-corrected chi connectivity index (χ1v) is 8.07. The molecule has 2 N–H and O–H groups in total. The van der Waals surface area contributed by atoms with Gasteiger partial charge in [-0.1, -0.05) is 17.7 Å². The average Bonchev–Trinajstić information content (AvgIpc) is 2.96. The van der Waals surface area contributed by atoms with Crippen molar-refractivity contribution in [1.29, 1.82) is 0 Å². The van der Waals surface area contributed by atoms with Gasteiger partial charge in [0.15, 0.2) is 0 Å². The molecule has 0 amide bonds. The molecule has 0 spiro atoms. The van der Waals surface area contributed by atoms with Crippen LogP contribution in [0, 0.1) is 5.82 Å². The SMILES string of the molecule is NC(c1cc2c(s1)CCC2)c1ccc(Br)c(Cl)c1F. The molecule has 0 saturated carbocycles. The molecule has 19 heavy (non-hydrogen) atoms. The van der Waals surface area contributed by atoms with Crippen molar-refractivity contribution in [2.75, 3.05) is 0 Å². The van der Waals surface area contributed by atoms with E-state index in [1.165, 1.54) is 16.9 Å². The molecule has 1 unspecified atom stereocenters. The molecule has 0 aliphatic heterocycles. The third-order valence-corrected chi connectivity index (χ3v) is 6.05. The number of hydrogen-bond donors (Lipinski definition) is 1. The Hall–Kier alpha value is -0.420. The van der Waals surface area contributed by atoms with E-state index in [4.69, 9.17) is 17.3 Å². The molecule has 0 saturated heterocycles. The van der Waals surface area contributed by atoms with E-state index in [2.05, 4.69) is 22.0 Å². The fraction of sp³-hybridized carbons (Fsp3) is 0.286. The minimum Gasteiger partial charge on any atom is -0.320 e. The molecule has 1 nitrogen and oxygen atoms in total. The van der Waals surface area contributed by atoms with Crippen molar-refractivity contribution in [2.24, 2.45) is 5.73 Å². The summed E-state index contributed by atoms with van der Waals surface area (Å²) in [5.41, 5.74) is 8.02. The first kappa shape index (κ1) is 13.6. The minimum absolute atomic E-state index is 0.0945. The van der Waals surface area contributed by atoms with Crippen LogP contribution in [-0.2, 0) is 12.8 Å². The quantitative estimate of drug-likeness (QED) is 0.762. The van der Waals surface area contributed by atoms with Crippen molar-refractivity contribution < 1.29 is 4.39 Å². The van der Waals surface area contributed by atoms with Crippen molar-refractivity contribution in [2.45, 2.75) is 25.3 Å². The molecule has 100 valence electrons. The Kier molecular flexibility index (Phi) is 3.69. The molecule has 5 heteroatoms. The molecule has 2 aromatic rings. The number of benzene rings is 1. The predicted octanol–water partition coefficient (Wildman–Crippen LogP) is 4.84. The van der Waals surface area contributed by atoms with E-state index in [1.807, 2.05) is 0 Å². The van der Waals surface area contributed by atoms with E-state index in [9.17, 15) is 4.39 Å². The van der Waals surface area contributed by atoms with Crippen LogP contribution in [0.15, 0.2) is 22.7 Å². The number of nitrogens with two attached hydrogens (primary N) is 1. The summed E-state index contributed by atoms with van der Waals surface area (Å²) in [4.78, 5) is 2.41. The molecule has 3 rings (SSSR count). The predicted molar refractivity (Wildman–Crippen MR) is 81.5 cm³/mol. The van der Waals surface area contributed by atoms with E-state index in [1.54, 1.807) is 23.5 Å². The van der Waals surface area contributed by atoms with Gasteiger partial charge in [-0.3, -0.25) is 0 Å². The Morgan fingerprint density at radius 2 is 2.16 bits per heavy atom. The minimum atomic E-state index is -0.443. The number of rotatable bonds is 2. The maximum Gasteiger partial charge on any atom is 0.148 e. The molecule has 1 aromatic heterocycles. The van der Waals surface area contributed by atoms with Crippen LogP contribution in [0.4, 0.5) is 4.39 Å². The molecule has 1 heterocycles. The van der Waals surface area contributed by atoms with Gasteiger partial charge in [0, 0.05) is 19.8 Å². The largest absolute Gasteiger partial charge is 0.320 e. The number of fused-ring (bicyclic) bond motifs is 1. The van der Waals surface area contributed by atoms with Crippen molar-refractivity contribution in [1.82, 2.24) is 0 Å². The van der Waals surface area contributed by atoms with Crippen molar-refractivity contribution >= 4 is 38.9 Å². The maximum absolute atomic E-state index is 14.2. The monoisotopic (exact) mass is 359 g/mol. The highest BCUT2D eigenvalue weighted by Crippen LogP contribution is 2.37. The second-order valence-electron chi connectivity index (χ2n) is 4.69. The lowest BCUT2D eigenvalue weighted by atomic mass is 10.0. The van der Waals surface area contributed by atoms with E-state index in [-0.39, 0.29) is 5.02 Å². The van der Waals surface area contributed by atoms with Gasteiger partial charge in [0.05, 0.1) is 11.1 Å². The van der Waals surface area contributed by atoms with Gasteiger partial charge >= 0.3 is 0 Å². The van der Waals surface area contributed by atoms with Crippen LogP contribution in [0.2, 0.25) is 5.02 Å². The Morgan fingerprint density at radius 3 is 2.89 bits per heavy atom. The Morgan fingerprint density at radius 1 is 1.37 bits per heavy atom. The Balaban J connectivity index is 1.99. The summed E-state index contributed by atoms with van der Waals surface area (Å²) in [7, 11) is 0. The lowest BCUT2D eigenvalue weighted by Gasteiger charge is -2.13. The second kappa shape index (κ2) is 5.17. The summed E-state index contributed by atoms with van der Waals surface area (Å²) in [6.07, 6.45) is 3.45. The molecule has 0 bridgehead atoms. The van der Waals surface area contributed by atoms with Gasteiger partial charge in [-0.15, -0.1) is 11.3 Å². The van der Waals surface area contributed by atoms with Crippen LogP contribution >= 0.6 is 38.9 Å². The fourth-order valence-electron chi connectivity index (χ4n) is 2.44. The zero-order valence-corrected chi connectivity index (χ0v) is 13.2. The summed E-state index contributed by atoms with van der Waals surface area (Å²) in [6.45, 7) is 0. The zero-order chi connectivity index (χ0) is 13.6. The molecular formula is C14H12BrClFNS. The van der Waals surface area contributed by atoms with Gasteiger partial charge in [0.25, 0.3) is 0 Å². The topological polar surface area (TPSA) is 26.0 Å². The smallest absolute Gasteiger partial charge is 0.148 e. The number of aryl methyl sites for hydroxylation is 2. The number of thiophene rings is 1. The van der Waals surface area contributed by atoms with Crippen molar-refractivity contribution in [3.8, 4) is 0 Å². The lowest BCUT2D eigenvalue weighted by Crippen LogP contribution is -2.12. The van der Waals surface area contributed by atoms with Gasteiger partial charge < -0.3 is 5.73 Å². The van der Waals surface area contributed by atoms with Crippen LogP contribution in [0.3, 0.4) is 0 Å². The number of hydrogen-bond acceptors (Lipinski definition) is 2.